The number of halogens is 4. The lowest BCUT2D eigenvalue weighted by Crippen LogP contribution is -2.29. The molecule has 1 aromatic carbocycles. The molecule has 0 aliphatic rings. The van der Waals surface area contributed by atoms with Crippen LogP contribution >= 0.6 is 54.8 Å². The summed E-state index contributed by atoms with van der Waals surface area (Å²) in [6.45, 7) is 0. The van der Waals surface area contributed by atoms with Crippen LogP contribution < -0.4 is 11.3 Å². The lowest BCUT2D eigenvalue weighted by Gasteiger charge is -2.15. The van der Waals surface area contributed by atoms with Gasteiger partial charge in [0.2, 0.25) is 0 Å². The first-order chi connectivity index (χ1) is 9.02. The number of thiophene rings is 1. The number of rotatable bonds is 4. The Hall–Kier alpha value is 0.0200. The van der Waals surface area contributed by atoms with E-state index in [0.717, 1.165) is 13.1 Å². The van der Waals surface area contributed by atoms with Crippen LogP contribution in [0.3, 0.4) is 0 Å². The Balaban J connectivity index is 2.26. The summed E-state index contributed by atoms with van der Waals surface area (Å²) in [5.74, 6) is 5.18. The van der Waals surface area contributed by atoms with E-state index in [-0.39, 0.29) is 16.9 Å². The minimum absolute atomic E-state index is 0.127. The lowest BCUT2D eigenvalue weighted by atomic mass is 10.0. The number of nitrogens with two attached hydrogens (primary N) is 1. The minimum Gasteiger partial charge on any atom is -0.271 e. The zero-order valence-electron chi connectivity index (χ0n) is 9.59. The molecule has 0 aliphatic heterocycles. The van der Waals surface area contributed by atoms with Crippen molar-refractivity contribution in [3.63, 3.8) is 0 Å². The molecule has 1 heterocycles. The third-order valence-electron chi connectivity index (χ3n) is 2.66. The van der Waals surface area contributed by atoms with Gasteiger partial charge in [0.05, 0.1) is 14.9 Å². The summed E-state index contributed by atoms with van der Waals surface area (Å²) in [6.07, 6.45) is 0.433. The summed E-state index contributed by atoms with van der Waals surface area (Å²) in [7, 11) is 0. The van der Waals surface area contributed by atoms with Gasteiger partial charge in [-0.1, -0.05) is 23.7 Å². The normalized spacial score (nSPS) is 12.7. The van der Waals surface area contributed by atoms with E-state index in [9.17, 15) is 4.39 Å². The Kier molecular flexibility index (Phi) is 5.39. The van der Waals surface area contributed by atoms with Gasteiger partial charge in [0.15, 0.2) is 0 Å². The second kappa shape index (κ2) is 6.65. The Morgan fingerprint density at radius 3 is 2.74 bits per heavy atom. The fourth-order valence-electron chi connectivity index (χ4n) is 1.70. The van der Waals surface area contributed by atoms with Gasteiger partial charge in [-0.05, 0) is 56.0 Å². The maximum absolute atomic E-state index is 13.9. The molecular formula is C12H10Br2ClFN2S. The predicted octanol–water partition coefficient (Wildman–Crippen LogP) is 4.81. The quantitative estimate of drug-likeness (QED) is 0.542. The van der Waals surface area contributed by atoms with Gasteiger partial charge >= 0.3 is 0 Å². The lowest BCUT2D eigenvalue weighted by molar-refractivity contribution is 0.535. The Labute approximate surface area is 136 Å². The van der Waals surface area contributed by atoms with Crippen molar-refractivity contribution in [2.45, 2.75) is 12.5 Å². The molecule has 0 bridgehead atoms. The van der Waals surface area contributed by atoms with Crippen molar-refractivity contribution in [1.82, 2.24) is 5.43 Å². The van der Waals surface area contributed by atoms with Crippen LogP contribution in [-0.2, 0) is 6.42 Å². The average Bonchev–Trinajstić information content (AvgIpc) is 2.71. The molecule has 3 N–H and O–H groups in total. The highest BCUT2D eigenvalue weighted by Gasteiger charge is 2.17. The summed E-state index contributed by atoms with van der Waals surface area (Å²) >= 11 is 14.2. The summed E-state index contributed by atoms with van der Waals surface area (Å²) in [5.41, 5.74) is 3.25. The van der Waals surface area contributed by atoms with Crippen molar-refractivity contribution in [1.29, 1.82) is 0 Å². The van der Waals surface area contributed by atoms with Crippen molar-refractivity contribution in [2.75, 3.05) is 0 Å². The van der Waals surface area contributed by atoms with Crippen LogP contribution in [-0.4, -0.2) is 0 Å². The molecule has 19 heavy (non-hydrogen) atoms. The van der Waals surface area contributed by atoms with Gasteiger partial charge in [0.25, 0.3) is 0 Å². The van der Waals surface area contributed by atoms with E-state index in [1.54, 1.807) is 23.5 Å². The van der Waals surface area contributed by atoms with Gasteiger partial charge in [0, 0.05) is 9.35 Å². The van der Waals surface area contributed by atoms with Gasteiger partial charge in [-0.15, -0.1) is 11.3 Å². The molecule has 0 radical (unpaired) electrons. The minimum atomic E-state index is -0.390. The van der Waals surface area contributed by atoms with E-state index in [0.29, 0.717) is 12.0 Å². The number of hydrogen-bond donors (Lipinski definition) is 2. The van der Waals surface area contributed by atoms with Crippen molar-refractivity contribution < 1.29 is 4.39 Å². The van der Waals surface area contributed by atoms with Crippen LogP contribution in [0.2, 0.25) is 5.02 Å². The smallest absolute Gasteiger partial charge is 0.145 e. The summed E-state index contributed by atoms with van der Waals surface area (Å²) in [5, 5.41) is 0.127. The van der Waals surface area contributed by atoms with Gasteiger partial charge in [0.1, 0.15) is 5.82 Å². The van der Waals surface area contributed by atoms with E-state index in [4.69, 9.17) is 17.4 Å². The molecule has 1 atom stereocenters. The van der Waals surface area contributed by atoms with E-state index >= 15 is 0 Å². The third-order valence-corrected chi connectivity index (χ3v) is 6.33. The Morgan fingerprint density at radius 1 is 1.42 bits per heavy atom. The molecule has 0 aliphatic carbocycles. The number of hydrazine groups is 1. The zero-order chi connectivity index (χ0) is 14.0. The standard InChI is InChI=1S/C12H10Br2ClFN2S/c13-7-5-10(19-12(7)14)9(18-17)4-6-2-1-3-8(15)11(6)16/h1-3,5,9,18H,4,17H2. The maximum Gasteiger partial charge on any atom is 0.145 e. The molecule has 0 fully saturated rings. The highest BCUT2D eigenvalue weighted by atomic mass is 79.9. The Bertz CT molecular complexity index is 572. The van der Waals surface area contributed by atoms with Gasteiger partial charge in [-0.3, -0.25) is 11.3 Å². The van der Waals surface area contributed by atoms with E-state index in [2.05, 4.69) is 37.3 Å². The molecule has 0 saturated heterocycles. The van der Waals surface area contributed by atoms with Crippen LogP contribution in [0.1, 0.15) is 16.5 Å². The molecule has 7 heteroatoms. The summed E-state index contributed by atoms with van der Waals surface area (Å²) < 4.78 is 15.8. The molecule has 0 saturated carbocycles. The molecule has 1 unspecified atom stereocenters. The van der Waals surface area contributed by atoms with Gasteiger partial charge in [-0.25, -0.2) is 4.39 Å². The molecule has 2 rings (SSSR count). The fraction of sp³-hybridized carbons (Fsp3) is 0.167. The van der Waals surface area contributed by atoms with Crippen molar-refractivity contribution in [2.24, 2.45) is 5.84 Å². The molecule has 2 nitrogen and oxygen atoms in total. The molecule has 0 amide bonds. The van der Waals surface area contributed by atoms with Crippen LogP contribution in [0.25, 0.3) is 0 Å². The predicted molar refractivity (Wildman–Crippen MR) is 84.9 cm³/mol. The van der Waals surface area contributed by atoms with Crippen LogP contribution in [0.4, 0.5) is 4.39 Å². The van der Waals surface area contributed by atoms with Crippen molar-refractivity contribution in [3.05, 3.63) is 53.8 Å². The molecule has 102 valence electrons. The van der Waals surface area contributed by atoms with Crippen LogP contribution in [0.5, 0.6) is 0 Å². The first-order valence-electron chi connectivity index (χ1n) is 5.36. The topological polar surface area (TPSA) is 38.0 Å². The monoisotopic (exact) mass is 426 g/mol. The van der Waals surface area contributed by atoms with Crippen molar-refractivity contribution in [3.8, 4) is 0 Å². The van der Waals surface area contributed by atoms with E-state index in [1.165, 1.54) is 6.07 Å². The largest absolute Gasteiger partial charge is 0.271 e. The molecule has 1 aromatic heterocycles. The van der Waals surface area contributed by atoms with Gasteiger partial charge < -0.3 is 0 Å². The first kappa shape index (κ1) is 15.4. The highest BCUT2D eigenvalue weighted by molar-refractivity contribution is 9.13. The fourth-order valence-corrected chi connectivity index (χ4v) is 4.05. The Morgan fingerprint density at radius 2 is 2.16 bits per heavy atom. The van der Waals surface area contributed by atoms with E-state index < -0.39 is 0 Å². The van der Waals surface area contributed by atoms with Crippen LogP contribution in [0, 0.1) is 5.82 Å². The van der Waals surface area contributed by atoms with Crippen molar-refractivity contribution >= 4 is 54.8 Å². The van der Waals surface area contributed by atoms with E-state index in [1.807, 2.05) is 6.07 Å². The SMILES string of the molecule is NNC(Cc1cccc(Cl)c1F)c1cc(Br)c(Br)s1. The summed E-state index contributed by atoms with van der Waals surface area (Å²) in [6, 6.07) is 6.77. The highest BCUT2D eigenvalue weighted by Crippen LogP contribution is 2.36. The average molecular weight is 429 g/mol. The van der Waals surface area contributed by atoms with Gasteiger partial charge in [-0.2, -0.15) is 0 Å². The number of hydrogen-bond acceptors (Lipinski definition) is 3. The number of nitrogens with one attached hydrogen (secondary N) is 1. The maximum atomic E-state index is 13.9. The zero-order valence-corrected chi connectivity index (χ0v) is 14.3. The van der Waals surface area contributed by atoms with Crippen LogP contribution in [0.15, 0.2) is 32.5 Å². The number of benzene rings is 1. The molecule has 0 spiro atoms. The second-order valence-electron chi connectivity index (χ2n) is 3.91. The first-order valence-corrected chi connectivity index (χ1v) is 8.14. The summed E-state index contributed by atoms with van der Waals surface area (Å²) in [4.78, 5) is 1.01. The molecule has 2 aromatic rings. The molecular weight excluding hydrogens is 418 g/mol. The second-order valence-corrected chi connectivity index (χ2v) is 7.57. The third kappa shape index (κ3) is 3.56.